The first-order valence-electron chi connectivity index (χ1n) is 15.0. The average molecular weight is 525 g/mol. The first-order chi connectivity index (χ1) is 17.0. The van der Waals surface area contributed by atoms with E-state index in [9.17, 15) is 19.8 Å². The largest absolute Gasteiger partial charge is 0.388 e. The van der Waals surface area contributed by atoms with Gasteiger partial charge in [0, 0.05) is 0 Å². The summed E-state index contributed by atoms with van der Waals surface area (Å²) in [6.45, 7) is 20.5. The monoisotopic (exact) mass is 524 g/mol. The Labute approximate surface area is 228 Å². The van der Waals surface area contributed by atoms with Gasteiger partial charge in [0.15, 0.2) is 0 Å². The molecule has 37 heavy (non-hydrogen) atoms. The number of amides is 2. The Morgan fingerprint density at radius 1 is 0.649 bits per heavy atom. The molecule has 1 rings (SSSR count). The Morgan fingerprint density at radius 3 is 1.14 bits per heavy atom. The molecule has 1 saturated carbocycles. The zero-order valence-electron chi connectivity index (χ0n) is 25.9. The molecular weight excluding hydrogens is 464 g/mol. The molecule has 6 nitrogen and oxygen atoms in total. The first-order valence-corrected chi connectivity index (χ1v) is 15.0. The summed E-state index contributed by atoms with van der Waals surface area (Å²) in [4.78, 5) is 28.2. The van der Waals surface area contributed by atoms with Gasteiger partial charge in [0.05, 0.1) is 23.3 Å². The molecule has 0 aliphatic heterocycles. The fourth-order valence-corrected chi connectivity index (χ4v) is 6.95. The molecule has 0 aromatic rings. The number of carbonyl (C=O) groups excluding carboxylic acids is 2. The minimum absolute atomic E-state index is 0.282. The van der Waals surface area contributed by atoms with Crippen LogP contribution in [0.3, 0.4) is 0 Å². The topological polar surface area (TPSA) is 98.7 Å². The van der Waals surface area contributed by atoms with Crippen molar-refractivity contribution < 1.29 is 19.8 Å². The maximum Gasteiger partial charge on any atom is 0.236 e. The Bertz CT molecular complexity index is 660. The van der Waals surface area contributed by atoms with E-state index in [1.807, 2.05) is 41.5 Å². The van der Waals surface area contributed by atoms with Crippen LogP contribution in [-0.2, 0) is 9.59 Å². The number of hydrogen-bond acceptors (Lipinski definition) is 4. The third-order valence-corrected chi connectivity index (χ3v) is 8.42. The second-order valence-electron chi connectivity index (χ2n) is 14.0. The molecule has 0 unspecified atom stereocenters. The van der Waals surface area contributed by atoms with Crippen LogP contribution in [0, 0.1) is 16.2 Å². The summed E-state index contributed by atoms with van der Waals surface area (Å²) < 4.78 is 0. The Kier molecular flexibility index (Phi) is 12.2. The van der Waals surface area contributed by atoms with E-state index < -0.39 is 28.7 Å². The fourth-order valence-electron chi connectivity index (χ4n) is 6.95. The smallest absolute Gasteiger partial charge is 0.236 e. The van der Waals surface area contributed by atoms with Crippen molar-refractivity contribution >= 4 is 11.8 Å². The molecule has 0 heterocycles. The quantitative estimate of drug-likeness (QED) is 0.201. The predicted molar refractivity (Wildman–Crippen MR) is 153 cm³/mol. The lowest BCUT2D eigenvalue weighted by atomic mass is 9.70. The minimum atomic E-state index is -1.19. The van der Waals surface area contributed by atoms with Crippen LogP contribution >= 0.6 is 0 Å². The molecule has 1 fully saturated rings. The fraction of sp³-hybridized carbons (Fsp3) is 0.935. The van der Waals surface area contributed by atoms with Gasteiger partial charge in [0.25, 0.3) is 0 Å². The van der Waals surface area contributed by atoms with Crippen LogP contribution in [0.15, 0.2) is 0 Å². The van der Waals surface area contributed by atoms with Crippen molar-refractivity contribution in [3.05, 3.63) is 0 Å². The Balaban J connectivity index is 3.43. The molecule has 4 N–H and O–H groups in total. The summed E-state index contributed by atoms with van der Waals surface area (Å²) in [5.74, 6) is -0.564. The van der Waals surface area contributed by atoms with Crippen LogP contribution in [-0.4, -0.2) is 45.3 Å². The summed E-state index contributed by atoms with van der Waals surface area (Å²) in [5, 5.41) is 29.9. The molecule has 0 bridgehead atoms. The minimum Gasteiger partial charge on any atom is -0.388 e. The molecule has 0 spiro atoms. The number of nitrogens with one attached hydrogen (secondary N) is 2. The molecule has 1 aliphatic rings. The van der Waals surface area contributed by atoms with Crippen LogP contribution < -0.4 is 10.6 Å². The van der Waals surface area contributed by atoms with Crippen molar-refractivity contribution in [1.29, 1.82) is 0 Å². The van der Waals surface area contributed by atoms with E-state index in [0.29, 0.717) is 38.5 Å². The van der Waals surface area contributed by atoms with Crippen LogP contribution in [0.25, 0.3) is 0 Å². The van der Waals surface area contributed by atoms with E-state index in [2.05, 4.69) is 38.3 Å². The van der Waals surface area contributed by atoms with Gasteiger partial charge in [-0.1, -0.05) is 108 Å². The van der Waals surface area contributed by atoms with E-state index in [1.54, 1.807) is 0 Å². The van der Waals surface area contributed by atoms with Gasteiger partial charge in [0.2, 0.25) is 11.8 Å². The maximum absolute atomic E-state index is 14.1. The predicted octanol–water partition coefficient (Wildman–Crippen LogP) is 6.27. The highest BCUT2D eigenvalue weighted by Crippen LogP contribution is 2.43. The number of hydrogen-bond donors (Lipinski definition) is 4. The van der Waals surface area contributed by atoms with Gasteiger partial charge in [0.1, 0.15) is 5.41 Å². The SMILES string of the molecule is CCCC(O)(CCC)[C@H](NC(=O)C1(C(=O)N[C@H](C(C)(C)C)C(O)(CCC)CCC)CCCC1)C(C)(C)C. The molecule has 0 aromatic carbocycles. The van der Waals surface area contributed by atoms with Crippen molar-refractivity contribution in [2.75, 3.05) is 0 Å². The molecule has 2 atom stereocenters. The average Bonchev–Trinajstić information content (AvgIpc) is 3.26. The van der Waals surface area contributed by atoms with Crippen molar-refractivity contribution in [2.24, 2.45) is 16.2 Å². The number of aliphatic hydroxyl groups is 2. The van der Waals surface area contributed by atoms with Gasteiger partial charge in [-0.3, -0.25) is 9.59 Å². The molecule has 0 radical (unpaired) electrons. The summed E-state index contributed by atoms with van der Waals surface area (Å²) in [6, 6.07) is -0.957. The Morgan fingerprint density at radius 2 is 0.919 bits per heavy atom. The maximum atomic E-state index is 14.1. The highest BCUT2D eigenvalue weighted by molar-refractivity contribution is 6.05. The summed E-state index contributed by atoms with van der Waals surface area (Å²) in [6.07, 6.45) is 8.20. The molecule has 218 valence electrons. The molecule has 0 aromatic heterocycles. The van der Waals surface area contributed by atoms with E-state index >= 15 is 0 Å². The lowest BCUT2D eigenvalue weighted by Crippen LogP contribution is -2.65. The summed E-state index contributed by atoms with van der Waals surface area (Å²) in [5.41, 5.74) is -4.04. The van der Waals surface area contributed by atoms with Crippen molar-refractivity contribution in [3.8, 4) is 0 Å². The number of carbonyl (C=O) groups is 2. The van der Waals surface area contributed by atoms with Crippen molar-refractivity contribution in [3.63, 3.8) is 0 Å². The highest BCUT2D eigenvalue weighted by atomic mass is 16.3. The van der Waals surface area contributed by atoms with Gasteiger partial charge in [-0.05, 0) is 49.4 Å². The molecule has 1 aliphatic carbocycles. The van der Waals surface area contributed by atoms with Gasteiger partial charge < -0.3 is 20.8 Å². The van der Waals surface area contributed by atoms with Crippen LogP contribution in [0.5, 0.6) is 0 Å². The van der Waals surface area contributed by atoms with E-state index in [1.165, 1.54) is 0 Å². The van der Waals surface area contributed by atoms with Gasteiger partial charge in [-0.25, -0.2) is 0 Å². The highest BCUT2D eigenvalue weighted by Gasteiger charge is 2.53. The molecule has 0 saturated heterocycles. The lowest BCUT2D eigenvalue weighted by Gasteiger charge is -2.47. The standard InChI is InChI=1S/C31H60N2O4/c1-11-17-30(36,18-12-2)23(27(5,6)7)32-25(34)29(21-15-16-22-29)26(35)33-24(28(8,9)10)31(37,19-13-3)20-14-4/h23-24,36-37H,11-22H2,1-10H3,(H,32,34)(H,33,35)/t23-,24-/m1/s1. The van der Waals surface area contributed by atoms with Crippen molar-refractivity contribution in [1.82, 2.24) is 10.6 Å². The third-order valence-electron chi connectivity index (χ3n) is 8.42. The van der Waals surface area contributed by atoms with Crippen LogP contribution in [0.1, 0.15) is 146 Å². The summed E-state index contributed by atoms with van der Waals surface area (Å²) >= 11 is 0. The second-order valence-corrected chi connectivity index (χ2v) is 14.0. The van der Waals surface area contributed by atoms with Gasteiger partial charge in [-0.2, -0.15) is 0 Å². The zero-order chi connectivity index (χ0) is 28.7. The van der Waals surface area contributed by atoms with E-state index in [-0.39, 0.29) is 22.6 Å². The van der Waals surface area contributed by atoms with E-state index in [0.717, 1.165) is 38.5 Å². The Hall–Kier alpha value is -1.14. The summed E-state index contributed by atoms with van der Waals surface area (Å²) in [7, 11) is 0. The van der Waals surface area contributed by atoms with Crippen LogP contribution in [0.2, 0.25) is 0 Å². The zero-order valence-corrected chi connectivity index (χ0v) is 25.9. The second kappa shape index (κ2) is 13.3. The first kappa shape index (κ1) is 33.9. The molecule has 2 amide bonds. The van der Waals surface area contributed by atoms with E-state index in [4.69, 9.17) is 0 Å². The normalized spacial score (nSPS) is 18.4. The van der Waals surface area contributed by atoms with Gasteiger partial charge >= 0.3 is 0 Å². The number of rotatable bonds is 14. The van der Waals surface area contributed by atoms with Crippen molar-refractivity contribution in [2.45, 2.75) is 170 Å². The third kappa shape index (κ3) is 8.17. The molecular formula is C31H60N2O4. The molecule has 6 heteroatoms. The lowest BCUT2D eigenvalue weighted by molar-refractivity contribution is -0.150. The van der Waals surface area contributed by atoms with Gasteiger partial charge in [-0.15, -0.1) is 0 Å². The van der Waals surface area contributed by atoms with Crippen LogP contribution in [0.4, 0.5) is 0 Å².